The van der Waals surface area contributed by atoms with Crippen LogP contribution in [0.2, 0.25) is 0 Å². The normalized spacial score (nSPS) is 12.0. The molecule has 2 N–H and O–H groups in total. The van der Waals surface area contributed by atoms with Gasteiger partial charge in [-0.1, -0.05) is 18.2 Å². The molecule has 0 fully saturated rings. The number of rotatable bonds is 9. The molecular weight excluding hydrogens is 318 g/mol. The number of ether oxygens (including phenoxy) is 2. The fourth-order valence-electron chi connectivity index (χ4n) is 1.80. The van der Waals surface area contributed by atoms with Crippen LogP contribution >= 0.6 is 0 Å². The number of methoxy groups -OCH3 is 1. The Bertz CT molecular complexity index is 602. The van der Waals surface area contributed by atoms with Gasteiger partial charge in [0.1, 0.15) is 15.6 Å². The van der Waals surface area contributed by atoms with Gasteiger partial charge in [0.15, 0.2) is 5.96 Å². The smallest absolute Gasteiger partial charge is 0.191 e. The van der Waals surface area contributed by atoms with E-state index in [-0.39, 0.29) is 12.4 Å². The fourth-order valence-corrected chi connectivity index (χ4v) is 2.22. The maximum absolute atomic E-state index is 11.0. The van der Waals surface area contributed by atoms with Crippen molar-refractivity contribution in [2.24, 2.45) is 4.99 Å². The lowest BCUT2D eigenvalue weighted by Gasteiger charge is -2.13. The molecule has 0 aliphatic heterocycles. The SMILES string of the molecule is CN=C(NCCOCCS(C)(=O)=O)NCc1ccccc1OC. The summed E-state index contributed by atoms with van der Waals surface area (Å²) in [4.78, 5) is 4.12. The predicted octanol–water partition coefficient (Wildman–Crippen LogP) is 0.421. The minimum Gasteiger partial charge on any atom is -0.496 e. The standard InChI is InChI=1S/C15H25N3O4S/c1-16-15(17-8-9-22-10-11-23(3,19)20)18-12-13-6-4-5-7-14(13)21-2/h4-7H,8-12H2,1-3H3,(H2,16,17,18). The average molecular weight is 343 g/mol. The van der Waals surface area contributed by atoms with Crippen molar-refractivity contribution in [3.8, 4) is 5.75 Å². The van der Waals surface area contributed by atoms with Crippen LogP contribution in [0.4, 0.5) is 0 Å². The third kappa shape index (κ3) is 8.41. The van der Waals surface area contributed by atoms with Crippen LogP contribution in [0.3, 0.4) is 0 Å². The Hall–Kier alpha value is -1.80. The minimum atomic E-state index is -2.97. The number of hydrogen-bond acceptors (Lipinski definition) is 5. The van der Waals surface area contributed by atoms with Crippen LogP contribution in [0.25, 0.3) is 0 Å². The monoisotopic (exact) mass is 343 g/mol. The Morgan fingerprint density at radius 2 is 1.96 bits per heavy atom. The van der Waals surface area contributed by atoms with Crippen molar-refractivity contribution >= 4 is 15.8 Å². The molecule has 0 aliphatic rings. The van der Waals surface area contributed by atoms with Crippen LogP contribution < -0.4 is 15.4 Å². The van der Waals surface area contributed by atoms with Crippen LogP contribution in [-0.2, 0) is 21.1 Å². The quantitative estimate of drug-likeness (QED) is 0.384. The molecule has 0 amide bonds. The van der Waals surface area contributed by atoms with Crippen molar-refractivity contribution in [1.82, 2.24) is 10.6 Å². The van der Waals surface area contributed by atoms with E-state index < -0.39 is 9.84 Å². The topological polar surface area (TPSA) is 89.0 Å². The molecular formula is C15H25N3O4S. The molecule has 0 radical (unpaired) electrons. The summed E-state index contributed by atoms with van der Waals surface area (Å²) in [7, 11) is 0.350. The average Bonchev–Trinajstić information content (AvgIpc) is 2.52. The number of aliphatic imine (C=N–C) groups is 1. The lowest BCUT2D eigenvalue weighted by molar-refractivity contribution is 0.154. The summed E-state index contributed by atoms with van der Waals surface area (Å²) in [6, 6.07) is 7.75. The molecule has 1 aromatic carbocycles. The van der Waals surface area contributed by atoms with Crippen molar-refractivity contribution in [3.63, 3.8) is 0 Å². The molecule has 0 aliphatic carbocycles. The van der Waals surface area contributed by atoms with E-state index in [1.807, 2.05) is 24.3 Å². The van der Waals surface area contributed by atoms with Crippen LogP contribution in [0.1, 0.15) is 5.56 Å². The van der Waals surface area contributed by atoms with E-state index in [1.165, 1.54) is 6.26 Å². The van der Waals surface area contributed by atoms with E-state index in [0.717, 1.165) is 11.3 Å². The first kappa shape index (κ1) is 19.2. The fraction of sp³-hybridized carbons (Fsp3) is 0.533. The Balaban J connectivity index is 2.27. The first-order valence-electron chi connectivity index (χ1n) is 7.28. The van der Waals surface area contributed by atoms with Gasteiger partial charge in [-0.15, -0.1) is 0 Å². The van der Waals surface area contributed by atoms with Gasteiger partial charge in [0, 0.05) is 32.0 Å². The van der Waals surface area contributed by atoms with Crippen molar-refractivity contribution in [3.05, 3.63) is 29.8 Å². The van der Waals surface area contributed by atoms with Gasteiger partial charge in [0.2, 0.25) is 0 Å². The third-order valence-electron chi connectivity index (χ3n) is 3.00. The van der Waals surface area contributed by atoms with Gasteiger partial charge in [0.25, 0.3) is 0 Å². The van der Waals surface area contributed by atoms with Gasteiger partial charge < -0.3 is 20.1 Å². The number of nitrogens with zero attached hydrogens (tertiary/aromatic N) is 1. The largest absolute Gasteiger partial charge is 0.496 e. The zero-order valence-electron chi connectivity index (χ0n) is 13.8. The highest BCUT2D eigenvalue weighted by molar-refractivity contribution is 7.90. The zero-order valence-corrected chi connectivity index (χ0v) is 14.6. The molecule has 0 saturated heterocycles. The molecule has 0 spiro atoms. The lowest BCUT2D eigenvalue weighted by Crippen LogP contribution is -2.38. The van der Waals surface area contributed by atoms with Crippen molar-refractivity contribution < 1.29 is 17.9 Å². The number of sulfone groups is 1. The number of benzene rings is 1. The molecule has 0 atom stereocenters. The van der Waals surface area contributed by atoms with Gasteiger partial charge in [-0.3, -0.25) is 4.99 Å². The van der Waals surface area contributed by atoms with Gasteiger partial charge in [0.05, 0.1) is 26.1 Å². The molecule has 0 heterocycles. The molecule has 1 aromatic rings. The first-order valence-corrected chi connectivity index (χ1v) is 9.34. The second kappa shape index (κ2) is 10.1. The highest BCUT2D eigenvalue weighted by atomic mass is 32.2. The molecule has 0 aromatic heterocycles. The summed E-state index contributed by atoms with van der Waals surface area (Å²) < 4.78 is 32.5. The highest BCUT2D eigenvalue weighted by Gasteiger charge is 2.04. The van der Waals surface area contributed by atoms with Gasteiger partial charge in [-0.05, 0) is 6.07 Å². The van der Waals surface area contributed by atoms with Gasteiger partial charge in [-0.2, -0.15) is 0 Å². The van der Waals surface area contributed by atoms with Crippen LogP contribution in [0.15, 0.2) is 29.3 Å². The van der Waals surface area contributed by atoms with Crippen LogP contribution in [-0.4, -0.2) is 60.3 Å². The molecule has 1 rings (SSSR count). The molecule has 130 valence electrons. The third-order valence-corrected chi connectivity index (χ3v) is 3.91. The number of para-hydroxylation sites is 1. The molecule has 0 bridgehead atoms. The Morgan fingerprint density at radius 3 is 2.61 bits per heavy atom. The van der Waals surface area contributed by atoms with Crippen molar-refractivity contribution in [2.75, 3.05) is 45.9 Å². The summed E-state index contributed by atoms with van der Waals surface area (Å²) in [5, 5.41) is 6.28. The summed E-state index contributed by atoms with van der Waals surface area (Å²) in [5.41, 5.74) is 1.03. The van der Waals surface area contributed by atoms with E-state index >= 15 is 0 Å². The molecule has 8 heteroatoms. The number of nitrogens with one attached hydrogen (secondary N) is 2. The second-order valence-corrected chi connectivity index (χ2v) is 7.17. The number of guanidine groups is 1. The molecule has 23 heavy (non-hydrogen) atoms. The Labute approximate surface area is 138 Å². The van der Waals surface area contributed by atoms with E-state index in [2.05, 4.69) is 15.6 Å². The molecule has 0 unspecified atom stereocenters. The van der Waals surface area contributed by atoms with E-state index in [9.17, 15) is 8.42 Å². The molecule has 7 nitrogen and oxygen atoms in total. The maximum Gasteiger partial charge on any atom is 0.191 e. The Kier molecular flexibility index (Phi) is 8.42. The summed E-state index contributed by atoms with van der Waals surface area (Å²) in [6.45, 7) is 1.73. The van der Waals surface area contributed by atoms with Crippen molar-refractivity contribution in [1.29, 1.82) is 0 Å². The Morgan fingerprint density at radius 1 is 1.22 bits per heavy atom. The highest BCUT2D eigenvalue weighted by Crippen LogP contribution is 2.16. The summed E-state index contributed by atoms with van der Waals surface area (Å²) in [5.74, 6) is 1.50. The van der Waals surface area contributed by atoms with E-state index in [4.69, 9.17) is 9.47 Å². The lowest BCUT2D eigenvalue weighted by atomic mass is 10.2. The van der Waals surface area contributed by atoms with Crippen LogP contribution in [0, 0.1) is 0 Å². The van der Waals surface area contributed by atoms with E-state index in [0.29, 0.717) is 25.7 Å². The maximum atomic E-state index is 11.0. The van der Waals surface area contributed by atoms with Crippen LogP contribution in [0.5, 0.6) is 5.75 Å². The summed E-state index contributed by atoms with van der Waals surface area (Å²) in [6.07, 6.45) is 1.19. The first-order chi connectivity index (χ1) is 11.0. The predicted molar refractivity (Wildman–Crippen MR) is 91.7 cm³/mol. The minimum absolute atomic E-state index is 0.0355. The van der Waals surface area contributed by atoms with Gasteiger partial charge >= 0.3 is 0 Å². The summed E-state index contributed by atoms with van der Waals surface area (Å²) >= 11 is 0. The zero-order chi connectivity index (χ0) is 17.1. The van der Waals surface area contributed by atoms with Gasteiger partial charge in [-0.25, -0.2) is 8.42 Å². The van der Waals surface area contributed by atoms with E-state index in [1.54, 1.807) is 14.2 Å². The molecule has 0 saturated carbocycles. The second-order valence-electron chi connectivity index (χ2n) is 4.91. The number of hydrogen-bond donors (Lipinski definition) is 2. The van der Waals surface area contributed by atoms with Crippen molar-refractivity contribution in [2.45, 2.75) is 6.54 Å².